The fourth-order valence-corrected chi connectivity index (χ4v) is 3.40. The molecule has 0 saturated carbocycles. The van der Waals surface area contributed by atoms with E-state index < -0.39 is 15.4 Å². The average molecular weight is 263 g/mol. The van der Waals surface area contributed by atoms with Crippen molar-refractivity contribution in [1.29, 1.82) is 0 Å². The Labute approximate surface area is 103 Å². The van der Waals surface area contributed by atoms with Crippen LogP contribution in [0.2, 0.25) is 0 Å². The zero-order chi connectivity index (χ0) is 13.1. The third-order valence-corrected chi connectivity index (χ3v) is 4.72. The van der Waals surface area contributed by atoms with Gasteiger partial charge in [-0.2, -0.15) is 8.42 Å². The quantitative estimate of drug-likeness (QED) is 0.383. The third kappa shape index (κ3) is 4.06. The highest BCUT2D eigenvalue weighted by atomic mass is 32.2. The summed E-state index contributed by atoms with van der Waals surface area (Å²) in [5.74, 6) is -0.125. The largest absolute Gasteiger partial charge is 0.395 e. The van der Waals surface area contributed by atoms with Crippen LogP contribution in [0.4, 0.5) is 0 Å². The number of allylic oxidation sites excluding steroid dienone is 2. The highest BCUT2D eigenvalue weighted by Crippen LogP contribution is 2.32. The Morgan fingerprint density at radius 3 is 2.41 bits per heavy atom. The van der Waals surface area contributed by atoms with Gasteiger partial charge in [0.25, 0.3) is 10.1 Å². The summed E-state index contributed by atoms with van der Waals surface area (Å²) in [6.45, 7) is 4.86. The molecule has 0 aliphatic heterocycles. The van der Waals surface area contributed by atoms with Crippen LogP contribution < -0.4 is 5.32 Å². The molecule has 0 amide bonds. The molecular weight excluding hydrogens is 242 g/mol. The van der Waals surface area contributed by atoms with Crippen molar-refractivity contribution >= 4 is 10.1 Å². The van der Waals surface area contributed by atoms with Crippen molar-refractivity contribution in [3.05, 3.63) is 11.1 Å². The first-order valence-electron chi connectivity index (χ1n) is 5.79. The van der Waals surface area contributed by atoms with Gasteiger partial charge >= 0.3 is 0 Å². The van der Waals surface area contributed by atoms with Gasteiger partial charge in [0.05, 0.1) is 11.9 Å². The van der Waals surface area contributed by atoms with Crippen LogP contribution in [-0.4, -0.2) is 43.0 Å². The molecule has 3 N–H and O–H groups in total. The standard InChI is InChI=1S/C11H21NO4S/c1-8-5-10(7-12-3-4-13)11(6-9(8)2)17(14,15)16/h10-13H,3-7H2,1-2H3,(H,14,15,16). The minimum Gasteiger partial charge on any atom is -0.395 e. The van der Waals surface area contributed by atoms with Gasteiger partial charge in [-0.3, -0.25) is 4.55 Å². The van der Waals surface area contributed by atoms with E-state index in [0.717, 1.165) is 5.57 Å². The Balaban J connectivity index is 2.77. The summed E-state index contributed by atoms with van der Waals surface area (Å²) in [7, 11) is -4.01. The number of hydrogen-bond donors (Lipinski definition) is 3. The molecule has 2 atom stereocenters. The van der Waals surface area contributed by atoms with E-state index >= 15 is 0 Å². The van der Waals surface area contributed by atoms with Crippen LogP contribution in [0.25, 0.3) is 0 Å². The van der Waals surface area contributed by atoms with Crippen molar-refractivity contribution < 1.29 is 18.1 Å². The monoisotopic (exact) mass is 263 g/mol. The Hall–Kier alpha value is -0.430. The molecule has 1 aliphatic carbocycles. The van der Waals surface area contributed by atoms with E-state index in [-0.39, 0.29) is 12.5 Å². The zero-order valence-electron chi connectivity index (χ0n) is 10.3. The number of aliphatic hydroxyl groups excluding tert-OH is 1. The second kappa shape index (κ2) is 5.95. The van der Waals surface area contributed by atoms with Gasteiger partial charge in [-0.15, -0.1) is 0 Å². The SMILES string of the molecule is CC1=C(C)CC(S(=O)(=O)O)C(CNCCO)C1. The lowest BCUT2D eigenvalue weighted by Gasteiger charge is -2.31. The van der Waals surface area contributed by atoms with E-state index in [9.17, 15) is 13.0 Å². The Morgan fingerprint density at radius 2 is 1.88 bits per heavy atom. The van der Waals surface area contributed by atoms with Crippen molar-refractivity contribution in [3.8, 4) is 0 Å². The molecule has 0 fully saturated rings. The van der Waals surface area contributed by atoms with Gasteiger partial charge in [0.15, 0.2) is 0 Å². The first-order chi connectivity index (χ1) is 7.86. The molecule has 0 aromatic heterocycles. The first kappa shape index (κ1) is 14.6. The highest BCUT2D eigenvalue weighted by Gasteiger charge is 2.35. The molecule has 6 heteroatoms. The maximum Gasteiger partial charge on any atom is 0.268 e. The van der Waals surface area contributed by atoms with E-state index in [1.807, 2.05) is 13.8 Å². The van der Waals surface area contributed by atoms with E-state index in [4.69, 9.17) is 5.11 Å². The zero-order valence-corrected chi connectivity index (χ0v) is 11.1. The summed E-state index contributed by atoms with van der Waals surface area (Å²) in [6, 6.07) is 0. The molecule has 0 heterocycles. The number of hydrogen-bond acceptors (Lipinski definition) is 4. The van der Waals surface area contributed by atoms with Crippen molar-refractivity contribution in [2.45, 2.75) is 31.9 Å². The summed E-state index contributed by atoms with van der Waals surface area (Å²) < 4.78 is 31.9. The smallest absolute Gasteiger partial charge is 0.268 e. The molecule has 17 heavy (non-hydrogen) atoms. The fourth-order valence-electron chi connectivity index (χ4n) is 2.26. The minimum atomic E-state index is -4.01. The molecule has 100 valence electrons. The molecule has 2 unspecified atom stereocenters. The molecule has 0 radical (unpaired) electrons. The summed E-state index contributed by atoms with van der Waals surface area (Å²) in [6.07, 6.45) is 1.07. The third-order valence-electron chi connectivity index (χ3n) is 3.41. The minimum absolute atomic E-state index is 0.0249. The lowest BCUT2D eigenvalue weighted by Crippen LogP contribution is -2.39. The fraction of sp³-hybridized carbons (Fsp3) is 0.818. The van der Waals surface area contributed by atoms with Gasteiger partial charge in [-0.05, 0) is 39.2 Å². The van der Waals surface area contributed by atoms with Crippen molar-refractivity contribution in [3.63, 3.8) is 0 Å². The molecule has 0 saturated heterocycles. The molecular formula is C11H21NO4S. The average Bonchev–Trinajstić information content (AvgIpc) is 2.21. The van der Waals surface area contributed by atoms with Gasteiger partial charge in [-0.25, -0.2) is 0 Å². The summed E-state index contributed by atoms with van der Waals surface area (Å²) >= 11 is 0. The van der Waals surface area contributed by atoms with Crippen LogP contribution in [0.5, 0.6) is 0 Å². The summed E-state index contributed by atoms with van der Waals surface area (Å²) in [5, 5.41) is 10.9. The van der Waals surface area contributed by atoms with Crippen LogP contribution in [0, 0.1) is 5.92 Å². The van der Waals surface area contributed by atoms with Crippen LogP contribution in [0.1, 0.15) is 26.7 Å². The molecule has 0 bridgehead atoms. The van der Waals surface area contributed by atoms with Crippen molar-refractivity contribution in [1.82, 2.24) is 5.32 Å². The topological polar surface area (TPSA) is 86.6 Å². The molecule has 0 spiro atoms. The van der Waals surface area contributed by atoms with E-state index in [1.54, 1.807) is 0 Å². The van der Waals surface area contributed by atoms with Gasteiger partial charge in [-0.1, -0.05) is 11.1 Å². The molecule has 1 aliphatic rings. The van der Waals surface area contributed by atoms with Gasteiger partial charge in [0, 0.05) is 6.54 Å². The molecule has 0 aromatic carbocycles. The predicted molar refractivity (Wildman–Crippen MR) is 66.4 cm³/mol. The number of nitrogens with one attached hydrogen (secondary N) is 1. The van der Waals surface area contributed by atoms with E-state index in [1.165, 1.54) is 5.57 Å². The van der Waals surface area contributed by atoms with Gasteiger partial charge < -0.3 is 10.4 Å². The number of rotatable bonds is 5. The first-order valence-corrected chi connectivity index (χ1v) is 7.29. The molecule has 0 aromatic rings. The second-order valence-electron chi connectivity index (χ2n) is 4.71. The summed E-state index contributed by atoms with van der Waals surface area (Å²) in [4.78, 5) is 0. The normalized spacial score (nSPS) is 26.4. The lowest BCUT2D eigenvalue weighted by molar-refractivity contribution is 0.284. The molecule has 1 rings (SSSR count). The molecule has 5 nitrogen and oxygen atoms in total. The van der Waals surface area contributed by atoms with Crippen LogP contribution in [-0.2, 0) is 10.1 Å². The maximum absolute atomic E-state index is 11.3. The van der Waals surface area contributed by atoms with E-state index in [0.29, 0.717) is 25.9 Å². The van der Waals surface area contributed by atoms with Gasteiger partial charge in [0.1, 0.15) is 0 Å². The lowest BCUT2D eigenvalue weighted by atomic mass is 9.84. The number of aliphatic hydroxyl groups is 1. The predicted octanol–water partition coefficient (Wildman–Crippen LogP) is 0.571. The second-order valence-corrected chi connectivity index (χ2v) is 6.35. The van der Waals surface area contributed by atoms with Crippen LogP contribution >= 0.6 is 0 Å². The highest BCUT2D eigenvalue weighted by molar-refractivity contribution is 7.86. The van der Waals surface area contributed by atoms with Crippen molar-refractivity contribution in [2.75, 3.05) is 19.7 Å². The Bertz CT molecular complexity index is 388. The van der Waals surface area contributed by atoms with Crippen LogP contribution in [0.15, 0.2) is 11.1 Å². The van der Waals surface area contributed by atoms with E-state index in [2.05, 4.69) is 5.32 Å². The van der Waals surface area contributed by atoms with Crippen LogP contribution in [0.3, 0.4) is 0 Å². The summed E-state index contributed by atoms with van der Waals surface area (Å²) in [5.41, 5.74) is 2.24. The Kier molecular flexibility index (Phi) is 5.12. The van der Waals surface area contributed by atoms with Gasteiger partial charge in [0.2, 0.25) is 0 Å². The maximum atomic E-state index is 11.3. The van der Waals surface area contributed by atoms with Crippen molar-refractivity contribution in [2.24, 2.45) is 5.92 Å². The Morgan fingerprint density at radius 1 is 1.29 bits per heavy atom.